The summed E-state index contributed by atoms with van der Waals surface area (Å²) in [6.07, 6.45) is 2.28. The van der Waals surface area contributed by atoms with Gasteiger partial charge in [-0.2, -0.15) is 0 Å². The zero-order valence-corrected chi connectivity index (χ0v) is 19.7. The average Bonchev–Trinajstić information content (AvgIpc) is 3.24. The number of ether oxygens (including phenoxy) is 3. The Labute approximate surface area is 199 Å². The lowest BCUT2D eigenvalue weighted by molar-refractivity contribution is -0.124. The zero-order chi connectivity index (χ0) is 24.0. The van der Waals surface area contributed by atoms with E-state index in [1.807, 2.05) is 13.8 Å². The number of anilines is 1. The van der Waals surface area contributed by atoms with Crippen molar-refractivity contribution in [1.82, 2.24) is 5.48 Å². The molecule has 2 aromatic carbocycles. The molecule has 0 aliphatic carbocycles. The van der Waals surface area contributed by atoms with Crippen LogP contribution in [0.1, 0.15) is 38.4 Å². The minimum absolute atomic E-state index is 0.0117. The average molecular weight is 521 g/mol. The van der Waals surface area contributed by atoms with E-state index in [1.54, 1.807) is 36.4 Å². The first kappa shape index (κ1) is 24.4. The summed E-state index contributed by atoms with van der Waals surface area (Å²) in [4.78, 5) is 24.0. The summed E-state index contributed by atoms with van der Waals surface area (Å²) < 4.78 is 17.1. The van der Waals surface area contributed by atoms with E-state index in [2.05, 4.69) is 21.2 Å². The monoisotopic (exact) mass is 520 g/mol. The van der Waals surface area contributed by atoms with Crippen molar-refractivity contribution in [2.75, 3.05) is 12.1 Å². The second-order valence-corrected chi connectivity index (χ2v) is 9.00. The largest absolute Gasteiger partial charge is 0.508 e. The number of phenols is 1. The third-order valence-electron chi connectivity index (χ3n) is 5.16. The van der Waals surface area contributed by atoms with Crippen LogP contribution in [0.2, 0.25) is 0 Å². The predicted molar refractivity (Wildman–Crippen MR) is 123 cm³/mol. The molecule has 0 unspecified atom stereocenters. The van der Waals surface area contributed by atoms with E-state index in [1.165, 1.54) is 17.6 Å². The van der Waals surface area contributed by atoms with Crippen molar-refractivity contribution >= 4 is 33.6 Å². The van der Waals surface area contributed by atoms with E-state index in [4.69, 9.17) is 19.4 Å². The Morgan fingerprint density at radius 2 is 1.97 bits per heavy atom. The van der Waals surface area contributed by atoms with Crippen molar-refractivity contribution in [2.24, 2.45) is 5.41 Å². The van der Waals surface area contributed by atoms with Crippen molar-refractivity contribution in [3.05, 3.63) is 58.6 Å². The molecule has 0 saturated heterocycles. The highest BCUT2D eigenvalue weighted by molar-refractivity contribution is 9.10. The van der Waals surface area contributed by atoms with Gasteiger partial charge in [0.05, 0.1) is 0 Å². The van der Waals surface area contributed by atoms with Crippen LogP contribution in [0.25, 0.3) is 0 Å². The van der Waals surface area contributed by atoms with Crippen molar-refractivity contribution in [3.8, 4) is 17.2 Å². The SMILES string of the molecule is CC(C)(CC/C=C/C(=O)NO)[C@@H](OC(=O)Nc1ccc2c(c1)OCO2)c1cc(Br)ccc1O. The van der Waals surface area contributed by atoms with E-state index in [-0.39, 0.29) is 12.5 Å². The molecule has 0 aromatic heterocycles. The molecule has 33 heavy (non-hydrogen) atoms. The van der Waals surface area contributed by atoms with Crippen molar-refractivity contribution in [1.29, 1.82) is 0 Å². The Kier molecular flexibility index (Phi) is 7.83. The molecule has 2 amide bonds. The molecule has 176 valence electrons. The van der Waals surface area contributed by atoms with Gasteiger partial charge in [0, 0.05) is 33.3 Å². The second kappa shape index (κ2) is 10.6. The number of hydroxylamine groups is 1. The smallest absolute Gasteiger partial charge is 0.412 e. The Bertz CT molecular complexity index is 1060. The van der Waals surface area contributed by atoms with Gasteiger partial charge in [-0.15, -0.1) is 0 Å². The molecule has 1 atom stereocenters. The van der Waals surface area contributed by atoms with Crippen molar-refractivity contribution in [3.63, 3.8) is 0 Å². The quantitative estimate of drug-likeness (QED) is 0.218. The van der Waals surface area contributed by atoms with Gasteiger partial charge in [-0.25, -0.2) is 10.3 Å². The molecule has 0 spiro atoms. The zero-order valence-electron chi connectivity index (χ0n) is 18.1. The lowest BCUT2D eigenvalue weighted by atomic mass is 9.78. The summed E-state index contributed by atoms with van der Waals surface area (Å²) in [7, 11) is 0. The maximum absolute atomic E-state index is 12.8. The molecule has 2 aromatic rings. The maximum atomic E-state index is 12.8. The van der Waals surface area contributed by atoms with Gasteiger partial charge in [-0.1, -0.05) is 35.9 Å². The Balaban J connectivity index is 1.79. The molecule has 9 nitrogen and oxygen atoms in total. The fraction of sp³-hybridized carbons (Fsp3) is 0.304. The van der Waals surface area contributed by atoms with Crippen LogP contribution in [0.4, 0.5) is 10.5 Å². The van der Waals surface area contributed by atoms with Crippen LogP contribution in [0.15, 0.2) is 53.0 Å². The third-order valence-corrected chi connectivity index (χ3v) is 5.65. The molecule has 1 aliphatic heterocycles. The van der Waals surface area contributed by atoms with Crippen molar-refractivity contribution in [2.45, 2.75) is 32.8 Å². The topological polar surface area (TPSA) is 126 Å². The number of hydrogen-bond acceptors (Lipinski definition) is 7. The van der Waals surface area contributed by atoms with Gasteiger partial charge in [0.25, 0.3) is 5.91 Å². The standard InChI is InChI=1S/C23H25BrN2O7/c1-23(2,10-4-3-5-20(28)26-30)21(16-11-14(24)6-8-17(16)27)33-22(29)25-15-7-9-18-19(12-15)32-13-31-18/h3,5-9,11-12,21,27,30H,4,10,13H2,1-2H3,(H,25,29)(H,26,28)/b5-3+/t21-/m0/s1. The molecule has 0 fully saturated rings. The number of nitrogens with one attached hydrogen (secondary N) is 2. The van der Waals surface area contributed by atoms with E-state index in [0.29, 0.717) is 35.6 Å². The van der Waals surface area contributed by atoms with Gasteiger partial charge in [-0.05, 0) is 43.2 Å². The number of aromatic hydroxyl groups is 1. The third kappa shape index (κ3) is 6.39. The Morgan fingerprint density at radius 1 is 1.21 bits per heavy atom. The number of carbonyl (C=O) groups is 2. The van der Waals surface area contributed by atoms with Gasteiger partial charge >= 0.3 is 6.09 Å². The van der Waals surface area contributed by atoms with Crippen LogP contribution < -0.4 is 20.3 Å². The van der Waals surface area contributed by atoms with E-state index in [9.17, 15) is 14.7 Å². The number of amides is 2. The number of benzene rings is 2. The summed E-state index contributed by atoms with van der Waals surface area (Å²) in [5.74, 6) is 0.471. The van der Waals surface area contributed by atoms with Crippen LogP contribution in [-0.4, -0.2) is 29.1 Å². The molecule has 4 N–H and O–H groups in total. The summed E-state index contributed by atoms with van der Waals surface area (Å²) in [5, 5.41) is 21.8. The van der Waals surface area contributed by atoms with Crippen LogP contribution in [0, 0.1) is 5.41 Å². The summed E-state index contributed by atoms with van der Waals surface area (Å²) >= 11 is 3.40. The minimum Gasteiger partial charge on any atom is -0.508 e. The first-order valence-corrected chi connectivity index (χ1v) is 11.0. The molecular weight excluding hydrogens is 496 g/mol. The van der Waals surface area contributed by atoms with Gasteiger partial charge in [0.2, 0.25) is 6.79 Å². The number of allylic oxidation sites excluding steroid dienone is 1. The van der Waals surface area contributed by atoms with E-state index < -0.39 is 23.5 Å². The summed E-state index contributed by atoms with van der Waals surface area (Å²) in [6, 6.07) is 9.90. The van der Waals surface area contributed by atoms with E-state index >= 15 is 0 Å². The maximum Gasteiger partial charge on any atom is 0.412 e. The Morgan fingerprint density at radius 3 is 2.73 bits per heavy atom. The number of rotatable bonds is 8. The van der Waals surface area contributed by atoms with Gasteiger partial charge < -0.3 is 19.3 Å². The predicted octanol–water partition coefficient (Wildman–Crippen LogP) is 5.04. The fourth-order valence-electron chi connectivity index (χ4n) is 3.42. The molecule has 0 radical (unpaired) electrons. The molecule has 3 rings (SSSR count). The fourth-order valence-corrected chi connectivity index (χ4v) is 3.80. The minimum atomic E-state index is -0.816. The molecule has 10 heteroatoms. The number of carbonyl (C=O) groups excluding carboxylic acids is 2. The van der Waals surface area contributed by atoms with Crippen LogP contribution in [0.3, 0.4) is 0 Å². The van der Waals surface area contributed by atoms with Crippen molar-refractivity contribution < 1.29 is 34.1 Å². The highest BCUT2D eigenvalue weighted by Gasteiger charge is 2.35. The summed E-state index contributed by atoms with van der Waals surface area (Å²) in [5.41, 5.74) is 1.80. The number of fused-ring (bicyclic) bond motifs is 1. The van der Waals surface area contributed by atoms with Gasteiger partial charge in [-0.3, -0.25) is 15.3 Å². The number of phenolic OH excluding ortho intramolecular Hbond substituents is 1. The Hall–Kier alpha value is -3.24. The summed E-state index contributed by atoms with van der Waals surface area (Å²) in [6.45, 7) is 3.91. The molecule has 1 heterocycles. The molecule has 0 bridgehead atoms. The normalized spacial score (nSPS) is 13.6. The molecule has 1 aliphatic rings. The molecular formula is C23H25BrN2O7. The van der Waals surface area contributed by atoms with Crippen LogP contribution in [-0.2, 0) is 9.53 Å². The van der Waals surface area contributed by atoms with Crippen LogP contribution >= 0.6 is 15.9 Å². The second-order valence-electron chi connectivity index (χ2n) is 8.09. The molecule has 0 saturated carbocycles. The number of halogens is 1. The van der Waals surface area contributed by atoms with E-state index in [0.717, 1.165) is 4.47 Å². The van der Waals surface area contributed by atoms with Gasteiger partial charge in [0.15, 0.2) is 11.5 Å². The number of hydrogen-bond donors (Lipinski definition) is 4. The first-order valence-electron chi connectivity index (χ1n) is 10.2. The highest BCUT2D eigenvalue weighted by atomic mass is 79.9. The lowest BCUT2D eigenvalue weighted by Gasteiger charge is -2.34. The lowest BCUT2D eigenvalue weighted by Crippen LogP contribution is -2.29. The highest BCUT2D eigenvalue weighted by Crippen LogP contribution is 2.44. The van der Waals surface area contributed by atoms with Gasteiger partial charge in [0.1, 0.15) is 11.9 Å². The van der Waals surface area contributed by atoms with Crippen LogP contribution in [0.5, 0.6) is 17.2 Å². The first-order chi connectivity index (χ1) is 15.7.